The molecule has 2 heteroatoms. The van der Waals surface area contributed by atoms with Gasteiger partial charge in [0.1, 0.15) is 6.29 Å². The van der Waals surface area contributed by atoms with E-state index in [9.17, 15) is 4.79 Å². The number of hydrogen-bond donors (Lipinski definition) is 1. The maximum absolute atomic E-state index is 10.4. The van der Waals surface area contributed by atoms with Crippen LogP contribution < -0.4 is 0 Å². The van der Waals surface area contributed by atoms with E-state index in [4.69, 9.17) is 5.41 Å². The molecule has 0 atom stereocenters. The van der Waals surface area contributed by atoms with Crippen LogP contribution in [-0.2, 0) is 0 Å². The van der Waals surface area contributed by atoms with Gasteiger partial charge in [0.05, 0.1) is 5.71 Å². The van der Waals surface area contributed by atoms with Gasteiger partial charge in [-0.2, -0.15) is 0 Å². The number of aldehydes is 1. The van der Waals surface area contributed by atoms with Crippen LogP contribution in [0.15, 0.2) is 49.1 Å². The Labute approximate surface area is 83.1 Å². The van der Waals surface area contributed by atoms with E-state index in [-0.39, 0.29) is 0 Å². The molecule has 0 saturated heterocycles. The van der Waals surface area contributed by atoms with Gasteiger partial charge < -0.3 is 5.41 Å². The molecular formula is C12H11NO. The summed E-state index contributed by atoms with van der Waals surface area (Å²) in [5, 5.41) is 7.64. The summed E-state index contributed by atoms with van der Waals surface area (Å²) >= 11 is 0. The van der Waals surface area contributed by atoms with Crippen molar-refractivity contribution in [1.29, 1.82) is 5.41 Å². The van der Waals surface area contributed by atoms with E-state index in [1.165, 1.54) is 0 Å². The van der Waals surface area contributed by atoms with Crippen LogP contribution in [0.25, 0.3) is 0 Å². The topological polar surface area (TPSA) is 40.9 Å². The molecule has 0 spiro atoms. The van der Waals surface area contributed by atoms with Gasteiger partial charge in [0.2, 0.25) is 0 Å². The lowest BCUT2D eigenvalue weighted by Gasteiger charge is -1.97. The van der Waals surface area contributed by atoms with Crippen molar-refractivity contribution in [3.8, 4) is 0 Å². The summed E-state index contributed by atoms with van der Waals surface area (Å²) in [6.45, 7) is 3.52. The normalized spacial score (nSPS) is 10.0. The molecular weight excluding hydrogens is 174 g/mol. The minimum atomic E-state index is 0.405. The van der Waals surface area contributed by atoms with Gasteiger partial charge >= 0.3 is 0 Å². The first-order valence-corrected chi connectivity index (χ1v) is 4.21. The predicted molar refractivity (Wildman–Crippen MR) is 58.0 cm³/mol. The van der Waals surface area contributed by atoms with E-state index in [1.807, 2.05) is 0 Å². The van der Waals surface area contributed by atoms with E-state index >= 15 is 0 Å². The molecule has 1 N–H and O–H groups in total. The Morgan fingerprint density at radius 3 is 2.43 bits per heavy atom. The molecule has 70 valence electrons. The number of nitrogens with one attached hydrogen (secondary N) is 1. The average Bonchev–Trinajstić information content (AvgIpc) is 2.26. The molecule has 0 aliphatic carbocycles. The molecule has 0 fully saturated rings. The van der Waals surface area contributed by atoms with Crippen LogP contribution in [0, 0.1) is 5.41 Å². The average molecular weight is 185 g/mol. The van der Waals surface area contributed by atoms with Gasteiger partial charge in [-0.05, 0) is 11.6 Å². The van der Waals surface area contributed by atoms with Gasteiger partial charge in [-0.1, -0.05) is 43.0 Å². The van der Waals surface area contributed by atoms with E-state index in [1.54, 1.807) is 42.5 Å². The van der Waals surface area contributed by atoms with E-state index in [0.29, 0.717) is 11.3 Å². The van der Waals surface area contributed by atoms with Crippen LogP contribution in [0.1, 0.15) is 15.9 Å². The number of benzene rings is 1. The van der Waals surface area contributed by atoms with Crippen molar-refractivity contribution in [2.45, 2.75) is 0 Å². The van der Waals surface area contributed by atoms with Crippen LogP contribution in [0.5, 0.6) is 0 Å². The van der Waals surface area contributed by atoms with Crippen molar-refractivity contribution >= 4 is 12.0 Å². The molecule has 0 heterocycles. The smallest absolute Gasteiger partial charge is 0.150 e. The predicted octanol–water partition coefficient (Wildman–Crippen LogP) is 2.61. The molecule has 0 saturated carbocycles. The minimum absolute atomic E-state index is 0.405. The summed E-state index contributed by atoms with van der Waals surface area (Å²) in [6.07, 6.45) is 5.76. The number of carbonyl (C=O) groups is 1. The number of allylic oxidation sites excluding steroid dienone is 3. The third-order valence-corrected chi connectivity index (χ3v) is 1.76. The zero-order valence-corrected chi connectivity index (χ0v) is 7.73. The molecule has 0 bridgehead atoms. The maximum atomic E-state index is 10.4. The van der Waals surface area contributed by atoms with Crippen molar-refractivity contribution in [2.75, 3.05) is 0 Å². The van der Waals surface area contributed by atoms with Crippen LogP contribution in [-0.4, -0.2) is 12.0 Å². The maximum Gasteiger partial charge on any atom is 0.150 e. The zero-order chi connectivity index (χ0) is 10.4. The third-order valence-electron chi connectivity index (χ3n) is 1.76. The third kappa shape index (κ3) is 2.52. The first-order chi connectivity index (χ1) is 6.77. The SMILES string of the molecule is C=C/C=C\C(=N)c1ccc(C=O)cc1. The minimum Gasteiger partial charge on any atom is -0.300 e. The summed E-state index contributed by atoms with van der Waals surface area (Å²) in [4.78, 5) is 10.4. The Hall–Kier alpha value is -1.96. The highest BCUT2D eigenvalue weighted by Crippen LogP contribution is 2.04. The fraction of sp³-hybridized carbons (Fsp3) is 0. The fourth-order valence-electron chi connectivity index (χ4n) is 1.00. The van der Waals surface area contributed by atoms with E-state index < -0.39 is 0 Å². The summed E-state index contributed by atoms with van der Waals surface area (Å²) in [5.74, 6) is 0. The van der Waals surface area contributed by atoms with Gasteiger partial charge in [-0.15, -0.1) is 0 Å². The quantitative estimate of drug-likeness (QED) is 0.437. The van der Waals surface area contributed by atoms with Crippen LogP contribution in [0.2, 0.25) is 0 Å². The second-order valence-electron chi connectivity index (χ2n) is 2.75. The number of carbonyl (C=O) groups excluding carboxylic acids is 1. The molecule has 1 aromatic carbocycles. The lowest BCUT2D eigenvalue weighted by atomic mass is 10.1. The Kier molecular flexibility index (Phi) is 3.56. The summed E-state index contributed by atoms with van der Waals surface area (Å²) in [5.41, 5.74) is 1.81. The van der Waals surface area contributed by atoms with Gasteiger partial charge in [0.25, 0.3) is 0 Å². The van der Waals surface area contributed by atoms with Crippen LogP contribution in [0.3, 0.4) is 0 Å². The Morgan fingerprint density at radius 1 is 1.29 bits per heavy atom. The van der Waals surface area contributed by atoms with Crippen LogP contribution >= 0.6 is 0 Å². The molecule has 0 aliphatic heterocycles. The molecule has 14 heavy (non-hydrogen) atoms. The molecule has 2 nitrogen and oxygen atoms in total. The van der Waals surface area contributed by atoms with E-state index in [0.717, 1.165) is 11.8 Å². The lowest BCUT2D eigenvalue weighted by Crippen LogP contribution is -1.94. The highest BCUT2D eigenvalue weighted by molar-refractivity contribution is 6.06. The molecule has 0 radical (unpaired) electrons. The summed E-state index contributed by atoms with van der Waals surface area (Å²) in [7, 11) is 0. The lowest BCUT2D eigenvalue weighted by molar-refractivity contribution is 0.112. The van der Waals surface area contributed by atoms with Crippen molar-refractivity contribution in [1.82, 2.24) is 0 Å². The summed E-state index contributed by atoms with van der Waals surface area (Å²) in [6, 6.07) is 6.89. The molecule has 0 amide bonds. The zero-order valence-electron chi connectivity index (χ0n) is 7.73. The number of rotatable bonds is 4. The first kappa shape index (κ1) is 10.1. The number of hydrogen-bond acceptors (Lipinski definition) is 2. The first-order valence-electron chi connectivity index (χ1n) is 4.21. The molecule has 0 aromatic heterocycles. The van der Waals surface area contributed by atoms with Gasteiger partial charge in [-0.3, -0.25) is 4.79 Å². The Balaban J connectivity index is 2.86. The molecule has 1 rings (SSSR count). The van der Waals surface area contributed by atoms with Crippen molar-refractivity contribution in [2.24, 2.45) is 0 Å². The van der Waals surface area contributed by atoms with Crippen LogP contribution in [0.4, 0.5) is 0 Å². The molecule has 0 unspecified atom stereocenters. The fourth-order valence-corrected chi connectivity index (χ4v) is 1.00. The molecule has 0 aliphatic rings. The standard InChI is InChI=1S/C12H11NO/c1-2-3-4-12(13)11-7-5-10(9-14)6-8-11/h2-9,13H,1H2/b4-3-,13-12?. The van der Waals surface area contributed by atoms with Gasteiger partial charge in [0.15, 0.2) is 0 Å². The Bertz CT molecular complexity index is 374. The Morgan fingerprint density at radius 2 is 1.93 bits per heavy atom. The van der Waals surface area contributed by atoms with Gasteiger partial charge in [-0.25, -0.2) is 0 Å². The van der Waals surface area contributed by atoms with Crippen molar-refractivity contribution < 1.29 is 4.79 Å². The monoisotopic (exact) mass is 185 g/mol. The second kappa shape index (κ2) is 4.92. The largest absolute Gasteiger partial charge is 0.300 e. The van der Waals surface area contributed by atoms with E-state index in [2.05, 4.69) is 6.58 Å². The van der Waals surface area contributed by atoms with Crippen molar-refractivity contribution in [3.05, 3.63) is 60.2 Å². The van der Waals surface area contributed by atoms with Gasteiger partial charge in [0, 0.05) is 5.56 Å². The van der Waals surface area contributed by atoms with Crippen molar-refractivity contribution in [3.63, 3.8) is 0 Å². The molecule has 1 aromatic rings. The highest BCUT2D eigenvalue weighted by atomic mass is 16.1. The highest BCUT2D eigenvalue weighted by Gasteiger charge is 1.96. The summed E-state index contributed by atoms with van der Waals surface area (Å²) < 4.78 is 0. The second-order valence-corrected chi connectivity index (χ2v) is 2.75.